The molecule has 1 aliphatic carbocycles. The summed E-state index contributed by atoms with van der Waals surface area (Å²) in [5, 5.41) is 0. The van der Waals surface area contributed by atoms with Crippen LogP contribution in [0.3, 0.4) is 0 Å². The lowest BCUT2D eigenvalue weighted by atomic mass is 9.85. The Hall–Kier alpha value is -4.93. The number of carbonyl (C=O) groups is 3. The van der Waals surface area contributed by atoms with Crippen LogP contribution in [0.2, 0.25) is 0 Å². The van der Waals surface area contributed by atoms with E-state index in [2.05, 4.69) is 0 Å². The highest BCUT2D eigenvalue weighted by molar-refractivity contribution is 6.05. The summed E-state index contributed by atoms with van der Waals surface area (Å²) in [7, 11) is 8.61. The fourth-order valence-corrected chi connectivity index (χ4v) is 4.87. The van der Waals surface area contributed by atoms with E-state index in [0.29, 0.717) is 17.1 Å². The second-order valence-electron chi connectivity index (χ2n) is 9.42. The third kappa shape index (κ3) is 5.63. The van der Waals surface area contributed by atoms with Gasteiger partial charge >= 0.3 is 11.9 Å². The van der Waals surface area contributed by atoms with E-state index in [-0.39, 0.29) is 59.5 Å². The zero-order chi connectivity index (χ0) is 30.4. The Labute approximate surface area is 243 Å². The summed E-state index contributed by atoms with van der Waals surface area (Å²) in [6.45, 7) is -0.697. The first kappa shape index (κ1) is 30.0. The van der Waals surface area contributed by atoms with Crippen molar-refractivity contribution in [3.63, 3.8) is 0 Å². The first-order chi connectivity index (χ1) is 20.2. The number of fused-ring (bicyclic) bond motifs is 1. The van der Waals surface area contributed by atoms with Gasteiger partial charge in [0.2, 0.25) is 11.5 Å². The van der Waals surface area contributed by atoms with Crippen LogP contribution in [0.4, 0.5) is 0 Å². The van der Waals surface area contributed by atoms with Crippen molar-refractivity contribution in [2.75, 3.05) is 55.9 Å². The molecule has 3 aromatic rings. The van der Waals surface area contributed by atoms with Crippen LogP contribution < -0.4 is 28.4 Å². The summed E-state index contributed by atoms with van der Waals surface area (Å²) < 4.78 is 43.3. The van der Waals surface area contributed by atoms with Gasteiger partial charge in [0.05, 0.1) is 53.8 Å². The predicted molar refractivity (Wildman–Crippen MR) is 150 cm³/mol. The third-order valence-corrected chi connectivity index (χ3v) is 7.03. The van der Waals surface area contributed by atoms with E-state index in [1.807, 2.05) is 12.1 Å². The van der Waals surface area contributed by atoms with E-state index in [0.717, 1.165) is 5.56 Å². The van der Waals surface area contributed by atoms with Gasteiger partial charge in [-0.05, 0) is 36.2 Å². The van der Waals surface area contributed by atoms with Crippen LogP contribution >= 0.6 is 0 Å². The first-order valence-electron chi connectivity index (χ1n) is 12.8. The molecule has 0 saturated heterocycles. The molecule has 0 amide bonds. The molecular formula is C31H32O11. The van der Waals surface area contributed by atoms with Crippen LogP contribution in [0, 0.1) is 5.41 Å². The first-order valence-corrected chi connectivity index (χ1v) is 12.8. The van der Waals surface area contributed by atoms with Crippen LogP contribution in [-0.2, 0) is 15.9 Å². The monoisotopic (exact) mass is 580 g/mol. The van der Waals surface area contributed by atoms with Crippen molar-refractivity contribution in [1.82, 2.24) is 0 Å². The Bertz CT molecular complexity index is 1360. The predicted octanol–water partition coefficient (Wildman–Crippen LogP) is 4.18. The third-order valence-electron chi connectivity index (χ3n) is 7.03. The van der Waals surface area contributed by atoms with Gasteiger partial charge in [0.25, 0.3) is 0 Å². The van der Waals surface area contributed by atoms with Crippen LogP contribution in [-0.4, -0.2) is 73.6 Å². The largest absolute Gasteiger partial charge is 0.493 e. The summed E-state index contributed by atoms with van der Waals surface area (Å²) in [5.41, 5.74) is 0.130. The highest BCUT2D eigenvalue weighted by atomic mass is 16.6. The highest BCUT2D eigenvalue weighted by Crippen LogP contribution is 2.41. The van der Waals surface area contributed by atoms with Crippen LogP contribution in [0.5, 0.6) is 34.5 Å². The lowest BCUT2D eigenvalue weighted by Crippen LogP contribution is -2.40. The van der Waals surface area contributed by atoms with Crippen molar-refractivity contribution in [1.29, 1.82) is 0 Å². The van der Waals surface area contributed by atoms with Gasteiger partial charge in [-0.1, -0.05) is 24.3 Å². The Morgan fingerprint density at radius 3 is 1.40 bits per heavy atom. The minimum Gasteiger partial charge on any atom is -0.493 e. The zero-order valence-electron chi connectivity index (χ0n) is 24.2. The van der Waals surface area contributed by atoms with E-state index in [1.54, 1.807) is 12.1 Å². The van der Waals surface area contributed by atoms with Crippen LogP contribution in [0.25, 0.3) is 0 Å². The zero-order valence-corrected chi connectivity index (χ0v) is 24.2. The van der Waals surface area contributed by atoms with Crippen LogP contribution in [0.1, 0.15) is 36.6 Å². The summed E-state index contributed by atoms with van der Waals surface area (Å²) in [5.74, 6) is -0.0648. The molecule has 222 valence electrons. The average Bonchev–Trinajstić information content (AvgIpc) is 3.31. The van der Waals surface area contributed by atoms with Crippen molar-refractivity contribution < 1.29 is 52.3 Å². The number of Topliss-reactive ketones (excluding diaryl/α,β-unsaturated/α-hetero) is 1. The lowest BCUT2D eigenvalue weighted by molar-refractivity contribution is 0.00267. The minimum absolute atomic E-state index is 0.122. The van der Waals surface area contributed by atoms with Crippen LogP contribution in [0.15, 0.2) is 48.5 Å². The number of hydrogen-bond acceptors (Lipinski definition) is 11. The molecular weight excluding hydrogens is 548 g/mol. The maximum Gasteiger partial charge on any atom is 0.338 e. The van der Waals surface area contributed by atoms with Gasteiger partial charge in [-0.25, -0.2) is 9.59 Å². The molecule has 1 aliphatic rings. The molecule has 4 rings (SSSR count). The molecule has 0 N–H and O–H groups in total. The standard InChI is InChI=1S/C31H32O11/c1-35-22-11-19(12-23(36-2)26(22)39-5)29(33)41-16-31(15-18-9-7-8-10-21(18)28(31)32)17-42-30(34)20-13-24(37-3)27(40-6)25(14-20)38-4/h7-14H,15-17H2,1-6H3. The van der Waals surface area contributed by atoms with Gasteiger partial charge in [0.1, 0.15) is 18.6 Å². The quantitative estimate of drug-likeness (QED) is 0.287. The Kier molecular flexibility index (Phi) is 9.09. The molecule has 0 saturated carbocycles. The van der Waals surface area contributed by atoms with Crippen molar-refractivity contribution in [2.45, 2.75) is 6.42 Å². The van der Waals surface area contributed by atoms with Gasteiger partial charge in [0, 0.05) is 5.56 Å². The number of ether oxygens (including phenoxy) is 8. The molecule has 0 heterocycles. The van der Waals surface area contributed by atoms with Gasteiger partial charge in [0.15, 0.2) is 28.8 Å². The molecule has 42 heavy (non-hydrogen) atoms. The van der Waals surface area contributed by atoms with Crippen molar-refractivity contribution in [3.05, 3.63) is 70.8 Å². The van der Waals surface area contributed by atoms with E-state index < -0.39 is 17.4 Å². The van der Waals surface area contributed by atoms with Gasteiger partial charge in [-0.2, -0.15) is 0 Å². The lowest BCUT2D eigenvalue weighted by Gasteiger charge is -2.26. The molecule has 0 radical (unpaired) electrons. The molecule has 0 unspecified atom stereocenters. The number of esters is 2. The summed E-state index contributed by atoms with van der Waals surface area (Å²) >= 11 is 0. The maximum atomic E-state index is 13.7. The maximum absolute atomic E-state index is 13.7. The second kappa shape index (κ2) is 12.7. The number of benzene rings is 3. The molecule has 11 heteroatoms. The number of ketones is 1. The van der Waals surface area contributed by atoms with E-state index in [4.69, 9.17) is 37.9 Å². The summed E-state index contributed by atoms with van der Waals surface area (Å²) in [6.07, 6.45) is 0.201. The van der Waals surface area contributed by atoms with E-state index in [1.165, 1.54) is 66.9 Å². The summed E-state index contributed by atoms with van der Waals surface area (Å²) in [6, 6.07) is 12.9. The molecule has 0 bridgehead atoms. The number of rotatable bonds is 12. The normalized spacial score (nSPS) is 13.0. The Morgan fingerprint density at radius 2 is 1.05 bits per heavy atom. The average molecular weight is 581 g/mol. The smallest absolute Gasteiger partial charge is 0.338 e. The fourth-order valence-electron chi connectivity index (χ4n) is 4.87. The molecule has 0 spiro atoms. The Balaban J connectivity index is 1.60. The number of carbonyl (C=O) groups excluding carboxylic acids is 3. The molecule has 0 aliphatic heterocycles. The van der Waals surface area contributed by atoms with E-state index in [9.17, 15) is 14.4 Å². The number of methoxy groups -OCH3 is 6. The van der Waals surface area contributed by atoms with Gasteiger partial charge in [-0.3, -0.25) is 4.79 Å². The molecule has 3 aromatic carbocycles. The molecule has 0 aromatic heterocycles. The van der Waals surface area contributed by atoms with Crippen molar-refractivity contribution in [3.8, 4) is 34.5 Å². The Morgan fingerprint density at radius 1 is 0.643 bits per heavy atom. The molecule has 11 nitrogen and oxygen atoms in total. The van der Waals surface area contributed by atoms with Crippen molar-refractivity contribution in [2.24, 2.45) is 5.41 Å². The second-order valence-corrected chi connectivity index (χ2v) is 9.42. The molecule has 0 atom stereocenters. The summed E-state index contributed by atoms with van der Waals surface area (Å²) in [4.78, 5) is 40.1. The topological polar surface area (TPSA) is 125 Å². The van der Waals surface area contributed by atoms with Gasteiger partial charge < -0.3 is 37.9 Å². The van der Waals surface area contributed by atoms with Crippen molar-refractivity contribution >= 4 is 17.7 Å². The minimum atomic E-state index is -1.35. The van der Waals surface area contributed by atoms with Gasteiger partial charge in [-0.15, -0.1) is 0 Å². The number of hydrogen-bond donors (Lipinski definition) is 0. The fraction of sp³-hybridized carbons (Fsp3) is 0.323. The SMILES string of the molecule is COc1cc(C(=O)OCC2(COC(=O)c3cc(OC)c(OC)c(OC)c3)Cc3ccccc3C2=O)cc(OC)c1OC. The van der Waals surface area contributed by atoms with E-state index >= 15 is 0 Å². The highest BCUT2D eigenvalue weighted by Gasteiger charge is 2.48. The molecule has 0 fully saturated rings.